The van der Waals surface area contributed by atoms with Crippen molar-refractivity contribution in [2.45, 2.75) is 25.2 Å². The van der Waals surface area contributed by atoms with Crippen molar-refractivity contribution in [1.29, 1.82) is 0 Å². The lowest BCUT2D eigenvalue weighted by Gasteiger charge is -2.17. The van der Waals surface area contributed by atoms with Crippen molar-refractivity contribution in [3.05, 3.63) is 32.6 Å². The molecule has 3 unspecified atom stereocenters. The number of aromatic amines is 1. The van der Waals surface area contributed by atoms with E-state index >= 15 is 0 Å². The number of aromatic nitrogens is 2. The number of nitrogens with one attached hydrogen (secondary N) is 1. The van der Waals surface area contributed by atoms with Crippen LogP contribution in [0.25, 0.3) is 0 Å². The molecule has 1 aromatic rings. The molecule has 1 aromatic heterocycles. The van der Waals surface area contributed by atoms with Gasteiger partial charge < -0.3 is 14.9 Å². The quantitative estimate of drug-likeness (QED) is 0.564. The van der Waals surface area contributed by atoms with Crippen LogP contribution in [0.15, 0.2) is 15.8 Å². The number of hydrogen-bond acceptors (Lipinski definition) is 5. The molecule has 1 aliphatic rings. The minimum absolute atomic E-state index is 0.123. The van der Waals surface area contributed by atoms with E-state index in [1.807, 2.05) is 0 Å². The van der Waals surface area contributed by atoms with Crippen LogP contribution in [0.3, 0.4) is 0 Å². The molecule has 3 N–H and O–H groups in total. The highest BCUT2D eigenvalue weighted by Gasteiger charge is 2.37. The zero-order chi connectivity index (χ0) is 12.6. The summed E-state index contributed by atoms with van der Waals surface area (Å²) in [6.45, 7) is 1.38. The van der Waals surface area contributed by atoms with Crippen LogP contribution in [-0.4, -0.2) is 45.2 Å². The minimum atomic E-state index is -0.969. The van der Waals surface area contributed by atoms with Gasteiger partial charge >= 0.3 is 5.69 Å². The number of ether oxygens (including phenoxy) is 1. The summed E-state index contributed by atoms with van der Waals surface area (Å²) in [7, 11) is 0. The Morgan fingerprint density at radius 2 is 2.29 bits per heavy atom. The molecule has 0 saturated carbocycles. The van der Waals surface area contributed by atoms with E-state index in [4.69, 9.17) is 9.84 Å². The summed E-state index contributed by atoms with van der Waals surface area (Å²) >= 11 is 0. The summed E-state index contributed by atoms with van der Waals surface area (Å²) in [6, 6.07) is -0.588. The second-order valence-electron chi connectivity index (χ2n) is 4.09. The molecule has 0 aliphatic carbocycles. The summed E-state index contributed by atoms with van der Waals surface area (Å²) in [4.78, 5) is 25.0. The Balaban J connectivity index is 2.39. The molecule has 2 heterocycles. The predicted octanol–water partition coefficient (Wildman–Crippen LogP) is -1.86. The Kier molecular flexibility index (Phi) is 3.14. The Morgan fingerprint density at radius 1 is 1.59 bits per heavy atom. The Bertz CT molecular complexity index is 520. The van der Waals surface area contributed by atoms with E-state index < -0.39 is 29.5 Å². The Hall–Kier alpha value is -1.44. The van der Waals surface area contributed by atoms with Gasteiger partial charge in [-0.1, -0.05) is 0 Å². The Labute approximate surface area is 96.3 Å². The zero-order valence-electron chi connectivity index (χ0n) is 9.29. The molecule has 3 atom stereocenters. The summed E-state index contributed by atoms with van der Waals surface area (Å²) in [5, 5.41) is 18.8. The number of hydrogen-bond donors (Lipinski definition) is 3. The van der Waals surface area contributed by atoms with Crippen LogP contribution >= 0.6 is 0 Å². The first kappa shape index (κ1) is 12.0. The maximum atomic E-state index is 11.6. The third-order valence-corrected chi connectivity index (χ3v) is 2.94. The minimum Gasteiger partial charge on any atom is -0.394 e. The van der Waals surface area contributed by atoms with Gasteiger partial charge in [0.2, 0.25) is 0 Å². The molecule has 1 aliphatic heterocycles. The highest BCUT2D eigenvalue weighted by molar-refractivity contribution is 5.03. The van der Waals surface area contributed by atoms with E-state index in [0.717, 1.165) is 0 Å². The molecule has 1 fully saturated rings. The average molecular weight is 242 g/mol. The lowest BCUT2D eigenvalue weighted by Crippen LogP contribution is -2.39. The highest BCUT2D eigenvalue weighted by Crippen LogP contribution is 2.23. The molecule has 0 bridgehead atoms. The first-order valence-electron chi connectivity index (χ1n) is 5.27. The van der Waals surface area contributed by atoms with Gasteiger partial charge in [0.05, 0.1) is 19.3 Å². The molecule has 0 spiro atoms. The fourth-order valence-corrected chi connectivity index (χ4v) is 1.91. The van der Waals surface area contributed by atoms with Gasteiger partial charge in [-0.15, -0.1) is 0 Å². The molecule has 7 nitrogen and oxygen atoms in total. The summed E-state index contributed by atoms with van der Waals surface area (Å²) in [6.07, 6.45) is -0.278. The van der Waals surface area contributed by atoms with Crippen LogP contribution in [0.4, 0.5) is 0 Å². The van der Waals surface area contributed by atoms with Crippen molar-refractivity contribution in [3.8, 4) is 0 Å². The number of rotatable bonds is 2. The van der Waals surface area contributed by atoms with Crippen LogP contribution in [0.2, 0.25) is 0 Å². The predicted molar refractivity (Wildman–Crippen MR) is 57.9 cm³/mol. The third-order valence-electron chi connectivity index (χ3n) is 2.94. The van der Waals surface area contributed by atoms with Gasteiger partial charge in [0, 0.05) is 11.8 Å². The lowest BCUT2D eigenvalue weighted by atomic mass is 10.1. The van der Waals surface area contributed by atoms with Crippen molar-refractivity contribution in [2.24, 2.45) is 0 Å². The van der Waals surface area contributed by atoms with Gasteiger partial charge in [0.25, 0.3) is 5.56 Å². The lowest BCUT2D eigenvalue weighted by molar-refractivity contribution is 0.00188. The number of nitrogens with zero attached hydrogens (tertiary/aromatic N) is 1. The molecule has 1 saturated heterocycles. The Morgan fingerprint density at radius 3 is 2.88 bits per heavy atom. The number of H-pyrrole nitrogens is 1. The van der Waals surface area contributed by atoms with Crippen molar-refractivity contribution in [2.75, 3.05) is 13.2 Å². The van der Waals surface area contributed by atoms with E-state index in [1.54, 1.807) is 6.92 Å². The van der Waals surface area contributed by atoms with E-state index in [2.05, 4.69) is 4.98 Å². The second-order valence-corrected chi connectivity index (χ2v) is 4.09. The van der Waals surface area contributed by atoms with Gasteiger partial charge in [0.15, 0.2) is 0 Å². The van der Waals surface area contributed by atoms with Crippen molar-refractivity contribution in [1.82, 2.24) is 9.55 Å². The van der Waals surface area contributed by atoms with E-state index in [-0.39, 0.29) is 13.2 Å². The topological polar surface area (TPSA) is 105 Å². The van der Waals surface area contributed by atoms with Crippen LogP contribution in [0.5, 0.6) is 0 Å². The van der Waals surface area contributed by atoms with Crippen LogP contribution < -0.4 is 11.2 Å². The molecule has 94 valence electrons. The average Bonchev–Trinajstić information content (AvgIpc) is 2.65. The van der Waals surface area contributed by atoms with E-state index in [9.17, 15) is 14.7 Å². The third kappa shape index (κ3) is 2.04. The largest absolute Gasteiger partial charge is 0.394 e. The molecular formula is C10H14N2O5. The summed E-state index contributed by atoms with van der Waals surface area (Å²) in [5.41, 5.74) is -0.658. The molecule has 2 rings (SSSR count). The van der Waals surface area contributed by atoms with Crippen LogP contribution in [0.1, 0.15) is 11.6 Å². The molecule has 0 amide bonds. The normalized spacial score (nSPS) is 28.5. The summed E-state index contributed by atoms with van der Waals surface area (Å²) < 4.78 is 6.39. The number of aliphatic hydroxyl groups excluding tert-OH is 2. The first-order chi connectivity index (χ1) is 8.04. The number of aliphatic hydroxyl groups is 2. The molecule has 17 heavy (non-hydrogen) atoms. The fourth-order valence-electron chi connectivity index (χ4n) is 1.91. The monoisotopic (exact) mass is 242 g/mol. The molecule has 0 aromatic carbocycles. The van der Waals surface area contributed by atoms with Crippen molar-refractivity contribution < 1.29 is 14.9 Å². The highest BCUT2D eigenvalue weighted by atomic mass is 16.5. The first-order valence-corrected chi connectivity index (χ1v) is 5.27. The van der Waals surface area contributed by atoms with E-state index in [1.165, 1.54) is 10.8 Å². The van der Waals surface area contributed by atoms with E-state index in [0.29, 0.717) is 5.56 Å². The maximum Gasteiger partial charge on any atom is 0.328 e. The van der Waals surface area contributed by atoms with Gasteiger partial charge in [-0.05, 0) is 6.92 Å². The molecule has 7 heteroatoms. The molecule has 0 radical (unpaired) electrons. The van der Waals surface area contributed by atoms with Gasteiger partial charge in [-0.25, -0.2) is 4.79 Å². The summed E-state index contributed by atoms with van der Waals surface area (Å²) in [5.74, 6) is 0. The number of aryl methyl sites for hydroxylation is 1. The zero-order valence-corrected chi connectivity index (χ0v) is 9.29. The maximum absolute atomic E-state index is 11.6. The van der Waals surface area contributed by atoms with Gasteiger partial charge in [0.1, 0.15) is 12.2 Å². The van der Waals surface area contributed by atoms with Crippen LogP contribution in [0, 0.1) is 6.92 Å². The molecular weight excluding hydrogens is 228 g/mol. The fraction of sp³-hybridized carbons (Fsp3) is 0.600. The van der Waals surface area contributed by atoms with Gasteiger partial charge in [-0.2, -0.15) is 0 Å². The van der Waals surface area contributed by atoms with Crippen LogP contribution in [-0.2, 0) is 4.74 Å². The van der Waals surface area contributed by atoms with Gasteiger partial charge in [-0.3, -0.25) is 14.3 Å². The standard InChI is InChI=1S/C10H14N2O5/c1-5-2-12(10(16)11-9(5)15)6-4-17-7(3-13)8(6)14/h2,6-8,13-14H,3-4H2,1H3,(H,11,15,16). The van der Waals surface area contributed by atoms with Crippen molar-refractivity contribution in [3.63, 3.8) is 0 Å². The SMILES string of the molecule is Cc1cn(C2COC(CO)C2O)c(=O)[nH]c1=O. The second kappa shape index (κ2) is 4.44. The smallest absolute Gasteiger partial charge is 0.328 e. The van der Waals surface area contributed by atoms with Crippen molar-refractivity contribution >= 4 is 0 Å².